The van der Waals surface area contributed by atoms with Crippen LogP contribution in [-0.2, 0) is 5.41 Å². The summed E-state index contributed by atoms with van der Waals surface area (Å²) in [6.45, 7) is 4.71. The molecule has 1 aliphatic rings. The van der Waals surface area contributed by atoms with Gasteiger partial charge in [0.2, 0.25) is 0 Å². The molecule has 0 bridgehead atoms. The van der Waals surface area contributed by atoms with Crippen molar-refractivity contribution in [1.29, 1.82) is 0 Å². The van der Waals surface area contributed by atoms with Gasteiger partial charge in [0, 0.05) is 38.5 Å². The van der Waals surface area contributed by atoms with Crippen LogP contribution in [0, 0.1) is 0 Å². The molecule has 12 aromatic rings. The number of nitrogens with zero attached hydrogens (tertiary/aromatic N) is 2. The second-order valence-electron chi connectivity index (χ2n) is 18.1. The maximum atomic E-state index is 6.76. The van der Waals surface area contributed by atoms with Gasteiger partial charge in [-0.2, -0.15) is 0 Å². The molecule has 10 aromatic carbocycles. The molecule has 0 atom stereocenters. The molecule has 312 valence electrons. The van der Waals surface area contributed by atoms with Gasteiger partial charge in [-0.25, -0.2) is 0 Å². The van der Waals surface area contributed by atoms with E-state index in [0.717, 1.165) is 55.8 Å². The van der Waals surface area contributed by atoms with Crippen LogP contribution in [0.4, 0.5) is 17.1 Å². The minimum Gasteiger partial charge on any atom is -0.456 e. The topological polar surface area (TPSA) is 21.3 Å². The Bertz CT molecular complexity index is 3820. The van der Waals surface area contributed by atoms with Crippen LogP contribution in [0.1, 0.15) is 25.0 Å². The molecule has 0 amide bonds. The first kappa shape index (κ1) is 38.1. The molecule has 2 aromatic heterocycles. The molecule has 0 saturated heterocycles. The van der Waals surface area contributed by atoms with Gasteiger partial charge in [-0.15, -0.1) is 0 Å². The Morgan fingerprint density at radius 2 is 0.970 bits per heavy atom. The highest BCUT2D eigenvalue weighted by atomic mass is 16.3. The van der Waals surface area contributed by atoms with Crippen molar-refractivity contribution in [3.05, 3.63) is 242 Å². The van der Waals surface area contributed by atoms with Crippen molar-refractivity contribution in [2.75, 3.05) is 4.90 Å². The average molecular weight is 845 g/mol. The maximum Gasteiger partial charge on any atom is 0.137 e. The molecule has 66 heavy (non-hydrogen) atoms. The summed E-state index contributed by atoms with van der Waals surface area (Å²) in [7, 11) is 0. The van der Waals surface area contributed by atoms with Crippen molar-refractivity contribution < 1.29 is 4.42 Å². The molecule has 0 fully saturated rings. The molecule has 3 nitrogen and oxygen atoms in total. The minimum absolute atomic E-state index is 0.153. The van der Waals surface area contributed by atoms with Gasteiger partial charge in [-0.3, -0.25) is 0 Å². The summed E-state index contributed by atoms with van der Waals surface area (Å²) in [5.41, 5.74) is 20.7. The normalized spacial score (nSPS) is 12.8. The second-order valence-corrected chi connectivity index (χ2v) is 18.1. The third-order valence-electron chi connectivity index (χ3n) is 14.0. The number of anilines is 3. The lowest BCUT2D eigenvalue weighted by atomic mass is 9.82. The van der Waals surface area contributed by atoms with Gasteiger partial charge in [-0.05, 0) is 117 Å². The van der Waals surface area contributed by atoms with Crippen molar-refractivity contribution in [1.82, 2.24) is 4.57 Å². The number of benzene rings is 10. The quantitative estimate of drug-likeness (QED) is 0.159. The Hall–Kier alpha value is -8.40. The lowest BCUT2D eigenvalue weighted by Crippen LogP contribution is -2.16. The maximum absolute atomic E-state index is 6.76. The van der Waals surface area contributed by atoms with E-state index in [1.807, 2.05) is 0 Å². The van der Waals surface area contributed by atoms with Crippen LogP contribution in [0.15, 0.2) is 235 Å². The van der Waals surface area contributed by atoms with Crippen molar-refractivity contribution >= 4 is 60.8 Å². The first-order valence-corrected chi connectivity index (χ1v) is 22.8. The Labute approximate surface area is 384 Å². The van der Waals surface area contributed by atoms with E-state index >= 15 is 0 Å². The fraction of sp³-hybridized carbons (Fsp3) is 0.0476. The smallest absolute Gasteiger partial charge is 0.137 e. The molecule has 0 aliphatic heterocycles. The van der Waals surface area contributed by atoms with Crippen LogP contribution in [0.25, 0.3) is 93.9 Å². The van der Waals surface area contributed by atoms with Gasteiger partial charge in [-0.1, -0.05) is 178 Å². The van der Waals surface area contributed by atoms with E-state index in [0.29, 0.717) is 0 Å². The molecule has 2 heterocycles. The molecule has 0 unspecified atom stereocenters. The Morgan fingerprint density at radius 3 is 1.76 bits per heavy atom. The lowest BCUT2D eigenvalue weighted by molar-refractivity contribution is 0.660. The van der Waals surface area contributed by atoms with Gasteiger partial charge in [0.15, 0.2) is 0 Å². The molecule has 0 saturated carbocycles. The Balaban J connectivity index is 0.992. The van der Waals surface area contributed by atoms with Gasteiger partial charge >= 0.3 is 0 Å². The molecule has 13 rings (SSSR count). The van der Waals surface area contributed by atoms with E-state index in [-0.39, 0.29) is 5.41 Å². The summed E-state index contributed by atoms with van der Waals surface area (Å²) in [5.74, 6) is 0. The molecule has 1 aliphatic carbocycles. The summed E-state index contributed by atoms with van der Waals surface area (Å²) in [6, 6.07) is 83.8. The molecule has 0 N–H and O–H groups in total. The number of fused-ring (bicyclic) bond motifs is 9. The lowest BCUT2D eigenvalue weighted by Gasteiger charge is -2.29. The zero-order valence-corrected chi connectivity index (χ0v) is 36.7. The third-order valence-corrected chi connectivity index (χ3v) is 14.0. The van der Waals surface area contributed by atoms with Gasteiger partial charge in [0.1, 0.15) is 11.2 Å². The van der Waals surface area contributed by atoms with Crippen LogP contribution < -0.4 is 4.90 Å². The molecule has 3 heteroatoms. The van der Waals surface area contributed by atoms with E-state index in [9.17, 15) is 0 Å². The SMILES string of the molecule is CC1(C)c2ccccc2-c2c(N(c3ccc(-c4ccc(-c5ccccc5)cc4)cc3)c3cccc4oc5ccc(-c6ccc7c8ccccc8n(-c8ccccc8)c7c6)cc5c34)cccc21. The van der Waals surface area contributed by atoms with E-state index < -0.39 is 0 Å². The van der Waals surface area contributed by atoms with Gasteiger partial charge < -0.3 is 13.9 Å². The summed E-state index contributed by atoms with van der Waals surface area (Å²) in [4.78, 5) is 2.47. The molecule has 0 radical (unpaired) electrons. The minimum atomic E-state index is -0.153. The zero-order valence-electron chi connectivity index (χ0n) is 36.7. The molecular formula is C63H44N2O. The summed E-state index contributed by atoms with van der Waals surface area (Å²) in [6.07, 6.45) is 0. The highest BCUT2D eigenvalue weighted by Gasteiger charge is 2.38. The van der Waals surface area contributed by atoms with Crippen molar-refractivity contribution in [2.24, 2.45) is 0 Å². The predicted octanol–water partition coefficient (Wildman–Crippen LogP) is 17.5. The van der Waals surface area contributed by atoms with E-state index in [1.54, 1.807) is 0 Å². The van der Waals surface area contributed by atoms with E-state index in [1.165, 1.54) is 66.3 Å². The van der Waals surface area contributed by atoms with Gasteiger partial charge in [0.05, 0.1) is 27.8 Å². The highest BCUT2D eigenvalue weighted by molar-refractivity contribution is 6.15. The number of furan rings is 1. The second kappa shape index (κ2) is 14.8. The Kier molecular flexibility index (Phi) is 8.56. The first-order chi connectivity index (χ1) is 32.5. The zero-order chi connectivity index (χ0) is 43.9. The predicted molar refractivity (Wildman–Crippen MR) is 277 cm³/mol. The highest BCUT2D eigenvalue weighted by Crippen LogP contribution is 2.55. The van der Waals surface area contributed by atoms with Crippen molar-refractivity contribution in [3.63, 3.8) is 0 Å². The number of aromatic nitrogens is 1. The summed E-state index contributed by atoms with van der Waals surface area (Å²) in [5, 5.41) is 4.64. The number of hydrogen-bond donors (Lipinski definition) is 0. The van der Waals surface area contributed by atoms with Crippen molar-refractivity contribution in [2.45, 2.75) is 19.3 Å². The number of rotatable bonds is 7. The molecular weight excluding hydrogens is 801 g/mol. The average Bonchev–Trinajstić information content (AvgIpc) is 4.00. The monoisotopic (exact) mass is 844 g/mol. The fourth-order valence-corrected chi connectivity index (χ4v) is 10.8. The van der Waals surface area contributed by atoms with E-state index in [4.69, 9.17) is 4.42 Å². The Morgan fingerprint density at radius 1 is 0.394 bits per heavy atom. The first-order valence-electron chi connectivity index (χ1n) is 22.8. The standard InChI is InChI=1S/C63H44N2O/c1-63(2)53-21-11-9-20-51(53)61-54(63)22-13-24-56(61)65(48-35-31-44(32-36-48)43-29-27-42(28-30-43)41-15-5-3-6-16-41)57-25-14-26-60-62(57)52-39-45(34-38-59(52)66-60)46-33-37-50-49-19-10-12-23-55(49)64(58(50)40-46)47-17-7-4-8-18-47/h3-40H,1-2H3. The van der Waals surface area contributed by atoms with Crippen LogP contribution in [0.2, 0.25) is 0 Å². The largest absolute Gasteiger partial charge is 0.456 e. The van der Waals surface area contributed by atoms with Crippen LogP contribution in [-0.4, -0.2) is 4.57 Å². The molecule has 0 spiro atoms. The third kappa shape index (κ3) is 5.90. The number of hydrogen-bond acceptors (Lipinski definition) is 2. The van der Waals surface area contributed by atoms with Crippen LogP contribution >= 0.6 is 0 Å². The summed E-state index contributed by atoms with van der Waals surface area (Å²) < 4.78 is 9.15. The fourth-order valence-electron chi connectivity index (χ4n) is 10.8. The van der Waals surface area contributed by atoms with Crippen molar-refractivity contribution in [3.8, 4) is 50.2 Å². The van der Waals surface area contributed by atoms with E-state index in [2.05, 4.69) is 254 Å². The summed E-state index contributed by atoms with van der Waals surface area (Å²) >= 11 is 0. The van der Waals surface area contributed by atoms with Crippen LogP contribution in [0.5, 0.6) is 0 Å². The number of para-hydroxylation sites is 2. The van der Waals surface area contributed by atoms with Crippen LogP contribution in [0.3, 0.4) is 0 Å². The van der Waals surface area contributed by atoms with Gasteiger partial charge in [0.25, 0.3) is 0 Å².